The molecule has 0 aromatic rings. The lowest BCUT2D eigenvalue weighted by atomic mass is 9.97. The maximum Gasteiger partial charge on any atom is 0.326 e. The zero-order chi connectivity index (χ0) is 15.1. The second-order valence-electron chi connectivity index (χ2n) is 5.86. The maximum absolute atomic E-state index is 12.2. The molecule has 0 heterocycles. The summed E-state index contributed by atoms with van der Waals surface area (Å²) in [6.07, 6.45) is 5.68. The summed E-state index contributed by atoms with van der Waals surface area (Å²) >= 11 is 0. The minimum absolute atomic E-state index is 0.141. The van der Waals surface area contributed by atoms with Crippen molar-refractivity contribution in [2.75, 3.05) is 0 Å². The number of carbonyl (C=O) groups excluding carboxylic acids is 1. The van der Waals surface area contributed by atoms with E-state index in [4.69, 9.17) is 9.84 Å². The minimum atomic E-state index is -0.999. The number of hydrogen-bond acceptors (Lipinski definition) is 3. The smallest absolute Gasteiger partial charge is 0.326 e. The van der Waals surface area contributed by atoms with Crippen molar-refractivity contribution < 1.29 is 19.4 Å². The third-order valence-corrected chi connectivity index (χ3v) is 3.80. The Morgan fingerprint density at radius 2 is 1.85 bits per heavy atom. The third-order valence-electron chi connectivity index (χ3n) is 3.80. The molecule has 1 rings (SSSR count). The molecule has 1 aliphatic carbocycles. The molecule has 116 valence electrons. The predicted molar refractivity (Wildman–Crippen MR) is 76.4 cm³/mol. The summed E-state index contributed by atoms with van der Waals surface area (Å²) in [6, 6.07) is -0.855. The average Bonchev–Trinajstić information content (AvgIpc) is 2.42. The predicted octanol–water partition coefficient (Wildman–Crippen LogP) is 2.34. The summed E-state index contributed by atoms with van der Waals surface area (Å²) < 4.78 is 5.86. The van der Waals surface area contributed by atoms with Gasteiger partial charge in [0, 0.05) is 0 Å². The van der Waals surface area contributed by atoms with Crippen molar-refractivity contribution in [1.82, 2.24) is 5.32 Å². The molecule has 0 aromatic carbocycles. The van der Waals surface area contributed by atoms with Gasteiger partial charge < -0.3 is 15.2 Å². The molecule has 1 amide bonds. The lowest BCUT2D eigenvalue weighted by Gasteiger charge is -2.28. The fourth-order valence-corrected chi connectivity index (χ4v) is 2.54. The topological polar surface area (TPSA) is 75.6 Å². The minimum Gasteiger partial charge on any atom is -0.480 e. The normalized spacial score (nSPS) is 19.6. The Bertz CT molecular complexity index is 324. The Balaban J connectivity index is 2.54. The van der Waals surface area contributed by atoms with E-state index in [1.807, 2.05) is 6.92 Å². The monoisotopic (exact) mass is 285 g/mol. The van der Waals surface area contributed by atoms with Gasteiger partial charge in [0.05, 0.1) is 6.10 Å². The van der Waals surface area contributed by atoms with Crippen LogP contribution in [0.2, 0.25) is 0 Å². The number of aliphatic carboxylic acids is 1. The summed E-state index contributed by atoms with van der Waals surface area (Å²) in [6.45, 7) is 5.45. The van der Waals surface area contributed by atoms with E-state index in [0.717, 1.165) is 25.7 Å². The molecule has 0 spiro atoms. The number of nitrogens with one attached hydrogen (secondary N) is 1. The van der Waals surface area contributed by atoms with E-state index in [1.165, 1.54) is 6.42 Å². The molecular weight excluding hydrogens is 258 g/mol. The van der Waals surface area contributed by atoms with Gasteiger partial charge in [0.15, 0.2) is 0 Å². The van der Waals surface area contributed by atoms with E-state index in [2.05, 4.69) is 5.32 Å². The fraction of sp³-hybridized carbons (Fsp3) is 0.867. The molecule has 20 heavy (non-hydrogen) atoms. The van der Waals surface area contributed by atoms with E-state index < -0.39 is 18.1 Å². The van der Waals surface area contributed by atoms with Crippen molar-refractivity contribution >= 4 is 11.9 Å². The molecular formula is C15H27NO4. The first-order valence-electron chi connectivity index (χ1n) is 7.64. The van der Waals surface area contributed by atoms with Crippen LogP contribution in [0, 0.1) is 5.92 Å². The lowest BCUT2D eigenvalue weighted by Crippen LogP contribution is -2.49. The van der Waals surface area contributed by atoms with Gasteiger partial charge in [0.25, 0.3) is 0 Å². The van der Waals surface area contributed by atoms with Gasteiger partial charge in [-0.05, 0) is 25.2 Å². The molecule has 1 saturated carbocycles. The van der Waals surface area contributed by atoms with Crippen LogP contribution in [0.25, 0.3) is 0 Å². The highest BCUT2D eigenvalue weighted by atomic mass is 16.5. The van der Waals surface area contributed by atoms with Gasteiger partial charge in [-0.1, -0.05) is 40.0 Å². The summed E-state index contributed by atoms with van der Waals surface area (Å²) in [5.41, 5.74) is 0. The number of amides is 1. The third kappa shape index (κ3) is 5.12. The molecule has 5 nitrogen and oxygen atoms in total. The van der Waals surface area contributed by atoms with E-state index >= 15 is 0 Å². The molecule has 0 radical (unpaired) electrons. The van der Waals surface area contributed by atoms with E-state index in [9.17, 15) is 9.59 Å². The van der Waals surface area contributed by atoms with Gasteiger partial charge in [-0.25, -0.2) is 4.79 Å². The Kier molecular flexibility index (Phi) is 6.99. The van der Waals surface area contributed by atoms with Crippen LogP contribution in [-0.2, 0) is 14.3 Å². The molecule has 1 aliphatic rings. The van der Waals surface area contributed by atoms with Crippen LogP contribution >= 0.6 is 0 Å². The Morgan fingerprint density at radius 3 is 2.30 bits per heavy atom. The van der Waals surface area contributed by atoms with Crippen molar-refractivity contribution in [3.63, 3.8) is 0 Å². The van der Waals surface area contributed by atoms with Crippen LogP contribution in [0.5, 0.6) is 0 Å². The Morgan fingerprint density at radius 1 is 1.25 bits per heavy atom. The highest BCUT2D eigenvalue weighted by molar-refractivity contribution is 5.86. The Hall–Kier alpha value is -1.10. The number of rotatable bonds is 7. The number of hydrogen-bond donors (Lipinski definition) is 2. The van der Waals surface area contributed by atoms with Crippen LogP contribution in [-0.4, -0.2) is 35.2 Å². The molecule has 2 atom stereocenters. The van der Waals surface area contributed by atoms with Gasteiger partial charge in [0.1, 0.15) is 12.1 Å². The summed E-state index contributed by atoms with van der Waals surface area (Å²) in [4.78, 5) is 23.3. The largest absolute Gasteiger partial charge is 0.480 e. The molecule has 0 bridgehead atoms. The first-order valence-corrected chi connectivity index (χ1v) is 7.64. The summed E-state index contributed by atoms with van der Waals surface area (Å²) in [5, 5.41) is 11.7. The van der Waals surface area contributed by atoms with E-state index in [0.29, 0.717) is 6.42 Å². The average molecular weight is 285 g/mol. The van der Waals surface area contributed by atoms with Gasteiger partial charge in [0.2, 0.25) is 5.91 Å². The molecule has 5 heteroatoms. The zero-order valence-corrected chi connectivity index (χ0v) is 12.7. The van der Waals surface area contributed by atoms with E-state index in [1.54, 1.807) is 13.8 Å². The number of ether oxygens (including phenoxy) is 1. The zero-order valence-electron chi connectivity index (χ0n) is 12.7. The summed E-state index contributed by atoms with van der Waals surface area (Å²) in [7, 11) is 0. The summed E-state index contributed by atoms with van der Waals surface area (Å²) in [5.74, 6) is -1.45. The number of carbonyl (C=O) groups is 2. The van der Waals surface area contributed by atoms with Crippen molar-refractivity contribution in [1.29, 1.82) is 0 Å². The van der Waals surface area contributed by atoms with Gasteiger partial charge in [-0.15, -0.1) is 0 Å². The van der Waals surface area contributed by atoms with Crippen molar-refractivity contribution in [2.45, 2.75) is 77.5 Å². The molecule has 0 saturated heterocycles. The first kappa shape index (κ1) is 17.0. The second kappa shape index (κ2) is 8.25. The van der Waals surface area contributed by atoms with Crippen LogP contribution < -0.4 is 5.32 Å². The highest BCUT2D eigenvalue weighted by Gasteiger charge is 2.29. The van der Waals surface area contributed by atoms with Crippen LogP contribution in [0.4, 0.5) is 0 Å². The number of carboxylic acid groups (broad SMARTS) is 1. The van der Waals surface area contributed by atoms with Gasteiger partial charge in [-0.3, -0.25) is 4.79 Å². The van der Waals surface area contributed by atoms with Crippen LogP contribution in [0.15, 0.2) is 0 Å². The second-order valence-corrected chi connectivity index (χ2v) is 5.86. The molecule has 1 fully saturated rings. The quantitative estimate of drug-likeness (QED) is 0.753. The lowest BCUT2D eigenvalue weighted by molar-refractivity contribution is -0.147. The van der Waals surface area contributed by atoms with Crippen LogP contribution in [0.1, 0.15) is 59.3 Å². The molecule has 0 aliphatic heterocycles. The highest BCUT2D eigenvalue weighted by Crippen LogP contribution is 2.22. The van der Waals surface area contributed by atoms with Gasteiger partial charge >= 0.3 is 5.97 Å². The Labute approximate surface area is 121 Å². The molecule has 2 N–H and O–H groups in total. The standard InChI is InChI=1S/C15H27NO4/c1-4-12(20-11-8-6-5-7-9-11)14(17)16-13(10(2)3)15(18)19/h10-13H,4-9H2,1-3H3,(H,16,17)(H,18,19)/t12?,13-/m1/s1. The fourth-order valence-electron chi connectivity index (χ4n) is 2.54. The van der Waals surface area contributed by atoms with Crippen molar-refractivity contribution in [3.8, 4) is 0 Å². The van der Waals surface area contributed by atoms with Crippen LogP contribution in [0.3, 0.4) is 0 Å². The SMILES string of the molecule is CCC(OC1CCCCC1)C(=O)N[C@@H](C(=O)O)C(C)C. The van der Waals surface area contributed by atoms with Crippen molar-refractivity contribution in [3.05, 3.63) is 0 Å². The molecule has 0 aromatic heterocycles. The van der Waals surface area contributed by atoms with Gasteiger partial charge in [-0.2, -0.15) is 0 Å². The first-order chi connectivity index (χ1) is 9.45. The number of carboxylic acids is 1. The maximum atomic E-state index is 12.2. The van der Waals surface area contributed by atoms with E-state index in [-0.39, 0.29) is 17.9 Å². The molecule has 1 unspecified atom stereocenters. The van der Waals surface area contributed by atoms with Crippen molar-refractivity contribution in [2.24, 2.45) is 5.92 Å².